The number of ether oxygens (including phenoxy) is 3. The molecule has 0 aliphatic carbocycles. The van der Waals surface area contributed by atoms with Crippen molar-refractivity contribution in [1.82, 2.24) is 4.98 Å². The van der Waals surface area contributed by atoms with Crippen LogP contribution in [0.4, 0.5) is 13.2 Å². The lowest BCUT2D eigenvalue weighted by Gasteiger charge is -2.23. The quantitative estimate of drug-likeness (QED) is 0.276. The number of aromatic nitrogens is 1. The highest BCUT2D eigenvalue weighted by Crippen LogP contribution is 2.42. The van der Waals surface area contributed by atoms with Gasteiger partial charge >= 0.3 is 12.1 Å². The molecule has 0 amide bonds. The molecule has 0 aliphatic heterocycles. The molecular formula is C28H30F3NO5. The van der Waals surface area contributed by atoms with E-state index >= 15 is 0 Å². The molecule has 0 spiro atoms. The first-order chi connectivity index (χ1) is 17.7. The zero-order valence-corrected chi connectivity index (χ0v) is 21.0. The van der Waals surface area contributed by atoms with Crippen LogP contribution in [-0.2, 0) is 17.4 Å². The molecule has 0 saturated carbocycles. The van der Waals surface area contributed by atoms with Gasteiger partial charge in [-0.05, 0) is 61.2 Å². The summed E-state index contributed by atoms with van der Waals surface area (Å²) in [5, 5.41) is 9.02. The van der Waals surface area contributed by atoms with Gasteiger partial charge in [0.2, 0.25) is 5.75 Å². The smallest absolute Gasteiger partial charge is 0.416 e. The normalized spacial score (nSPS) is 12.2. The van der Waals surface area contributed by atoms with E-state index in [0.717, 1.165) is 30.5 Å². The number of hydrogen-bond donors (Lipinski definition) is 1. The molecule has 0 radical (unpaired) electrons. The first kappa shape index (κ1) is 27.8. The van der Waals surface area contributed by atoms with Gasteiger partial charge in [-0.2, -0.15) is 13.2 Å². The van der Waals surface area contributed by atoms with Crippen molar-refractivity contribution < 1.29 is 37.3 Å². The van der Waals surface area contributed by atoms with Crippen molar-refractivity contribution >= 4 is 5.97 Å². The average molecular weight is 518 g/mol. The van der Waals surface area contributed by atoms with Crippen LogP contribution in [0.15, 0.2) is 54.6 Å². The number of carboxylic acids is 1. The molecule has 6 nitrogen and oxygen atoms in total. The van der Waals surface area contributed by atoms with Gasteiger partial charge in [-0.1, -0.05) is 31.5 Å². The minimum Gasteiger partial charge on any atom is -0.493 e. The van der Waals surface area contributed by atoms with Crippen molar-refractivity contribution in [2.24, 2.45) is 0 Å². The van der Waals surface area contributed by atoms with E-state index in [9.17, 15) is 18.0 Å². The number of aryl methyl sites for hydroxylation is 1. The molecule has 3 rings (SSSR count). The van der Waals surface area contributed by atoms with Gasteiger partial charge in [0.05, 0.1) is 31.2 Å². The summed E-state index contributed by atoms with van der Waals surface area (Å²) in [5.74, 6) is 0.268. The molecule has 37 heavy (non-hydrogen) atoms. The van der Waals surface area contributed by atoms with Gasteiger partial charge in [-0.25, -0.2) is 4.98 Å². The van der Waals surface area contributed by atoms with Crippen LogP contribution in [0.25, 0.3) is 11.3 Å². The molecule has 0 aliphatic rings. The zero-order chi connectivity index (χ0) is 27.0. The minimum atomic E-state index is -4.41. The van der Waals surface area contributed by atoms with E-state index in [1.807, 2.05) is 6.07 Å². The Bertz CT molecular complexity index is 1170. The number of benzene rings is 2. The van der Waals surface area contributed by atoms with Crippen molar-refractivity contribution in [3.8, 4) is 28.5 Å². The third-order valence-corrected chi connectivity index (χ3v) is 5.84. The molecule has 1 N–H and O–H groups in total. The predicted molar refractivity (Wildman–Crippen MR) is 133 cm³/mol. The Kier molecular flexibility index (Phi) is 9.38. The molecule has 3 aromatic rings. The molecular weight excluding hydrogens is 487 g/mol. The highest BCUT2D eigenvalue weighted by atomic mass is 19.4. The Morgan fingerprint density at radius 3 is 2.22 bits per heavy atom. The maximum atomic E-state index is 13.0. The van der Waals surface area contributed by atoms with E-state index in [-0.39, 0.29) is 6.42 Å². The maximum absolute atomic E-state index is 13.0. The first-order valence-corrected chi connectivity index (χ1v) is 11.9. The van der Waals surface area contributed by atoms with Crippen molar-refractivity contribution in [2.75, 3.05) is 14.2 Å². The highest BCUT2D eigenvalue weighted by Gasteiger charge is 2.30. The van der Waals surface area contributed by atoms with Crippen molar-refractivity contribution in [1.29, 1.82) is 0 Å². The average Bonchev–Trinajstić information content (AvgIpc) is 2.89. The van der Waals surface area contributed by atoms with Crippen LogP contribution in [0.5, 0.6) is 17.2 Å². The summed E-state index contributed by atoms with van der Waals surface area (Å²) in [6.45, 7) is 2.06. The molecule has 1 aromatic heterocycles. The fourth-order valence-electron chi connectivity index (χ4n) is 3.87. The van der Waals surface area contributed by atoms with Crippen LogP contribution in [-0.4, -0.2) is 30.3 Å². The summed E-state index contributed by atoms with van der Waals surface area (Å²) in [6.07, 6.45) is -2.23. The molecule has 1 heterocycles. The molecule has 1 atom stereocenters. The molecule has 0 saturated heterocycles. The van der Waals surface area contributed by atoms with Crippen molar-refractivity contribution in [2.45, 2.75) is 51.3 Å². The van der Waals surface area contributed by atoms with Crippen molar-refractivity contribution in [3.05, 3.63) is 71.4 Å². The third-order valence-electron chi connectivity index (χ3n) is 5.84. The number of aliphatic carboxylic acids is 1. The monoisotopic (exact) mass is 517 g/mol. The van der Waals surface area contributed by atoms with Crippen LogP contribution in [0, 0.1) is 0 Å². The van der Waals surface area contributed by atoms with Crippen LogP contribution in [0.2, 0.25) is 0 Å². The summed E-state index contributed by atoms with van der Waals surface area (Å²) >= 11 is 0. The standard InChI is InChI=1S/C28H30F3NO5/c1-4-5-9-23(37-27-24(35-2)16-18(10-15-26(33)34)17-25(27)36-3)22-8-6-7-21(32-22)19-11-13-20(14-12-19)28(29,30)31/h6-8,11-14,16-17,23H,4-5,9-10,15H2,1-3H3,(H,33,34)/t23-/m1/s1. The number of rotatable bonds is 12. The molecule has 2 aromatic carbocycles. The van der Waals surface area contributed by atoms with Gasteiger partial charge in [-0.15, -0.1) is 0 Å². The summed E-state index contributed by atoms with van der Waals surface area (Å²) < 4.78 is 56.4. The van der Waals surface area contributed by atoms with Crippen LogP contribution in [0.1, 0.15) is 55.5 Å². The Morgan fingerprint density at radius 1 is 1.03 bits per heavy atom. The number of halogens is 3. The van der Waals surface area contributed by atoms with Gasteiger partial charge in [0.15, 0.2) is 11.5 Å². The number of methoxy groups -OCH3 is 2. The van der Waals surface area contributed by atoms with E-state index in [1.165, 1.54) is 26.4 Å². The van der Waals surface area contributed by atoms with Crippen LogP contribution >= 0.6 is 0 Å². The number of nitrogens with zero attached hydrogens (tertiary/aromatic N) is 1. The van der Waals surface area contributed by atoms with E-state index in [0.29, 0.717) is 47.0 Å². The van der Waals surface area contributed by atoms with E-state index in [2.05, 4.69) is 6.92 Å². The first-order valence-electron chi connectivity index (χ1n) is 11.9. The topological polar surface area (TPSA) is 77.9 Å². The van der Waals surface area contributed by atoms with E-state index in [1.54, 1.807) is 24.3 Å². The number of carboxylic acid groups (broad SMARTS) is 1. The van der Waals surface area contributed by atoms with Gasteiger partial charge in [0, 0.05) is 12.0 Å². The molecule has 0 fully saturated rings. The molecule has 9 heteroatoms. The fraction of sp³-hybridized carbons (Fsp3) is 0.357. The van der Waals surface area contributed by atoms with E-state index < -0.39 is 23.8 Å². The number of unbranched alkanes of at least 4 members (excludes halogenated alkanes) is 1. The third kappa shape index (κ3) is 7.38. The maximum Gasteiger partial charge on any atom is 0.416 e. The molecule has 0 bridgehead atoms. The lowest BCUT2D eigenvalue weighted by molar-refractivity contribution is -0.138. The lowest BCUT2D eigenvalue weighted by Crippen LogP contribution is -2.12. The van der Waals surface area contributed by atoms with E-state index in [4.69, 9.17) is 24.3 Å². The summed E-state index contributed by atoms with van der Waals surface area (Å²) in [5.41, 5.74) is 1.71. The van der Waals surface area contributed by atoms with Gasteiger partial charge in [-0.3, -0.25) is 4.79 Å². The molecule has 0 unspecified atom stereocenters. The largest absolute Gasteiger partial charge is 0.493 e. The Morgan fingerprint density at radius 2 is 1.68 bits per heavy atom. The fourth-order valence-corrected chi connectivity index (χ4v) is 3.87. The lowest BCUT2D eigenvalue weighted by atomic mass is 10.0. The second kappa shape index (κ2) is 12.5. The minimum absolute atomic E-state index is 0.0354. The van der Waals surface area contributed by atoms with Gasteiger partial charge in [0.1, 0.15) is 6.10 Å². The summed E-state index contributed by atoms with van der Waals surface area (Å²) in [7, 11) is 2.99. The van der Waals surface area contributed by atoms with Crippen molar-refractivity contribution in [3.63, 3.8) is 0 Å². The Balaban J connectivity index is 1.95. The number of alkyl halides is 3. The van der Waals surface area contributed by atoms with Gasteiger partial charge < -0.3 is 19.3 Å². The highest BCUT2D eigenvalue weighted by molar-refractivity contribution is 5.67. The predicted octanol–water partition coefficient (Wildman–Crippen LogP) is 7.11. The number of hydrogen-bond acceptors (Lipinski definition) is 5. The Hall–Kier alpha value is -3.75. The van der Waals surface area contributed by atoms with Crippen LogP contribution < -0.4 is 14.2 Å². The number of pyridine rings is 1. The number of carbonyl (C=O) groups is 1. The SMILES string of the molecule is CCCC[C@@H](Oc1c(OC)cc(CCC(=O)O)cc1OC)c1cccc(-c2ccc(C(F)(F)F)cc2)n1. The van der Waals surface area contributed by atoms with Crippen LogP contribution in [0.3, 0.4) is 0 Å². The molecule has 198 valence electrons. The second-order valence-corrected chi connectivity index (χ2v) is 8.49. The Labute approximate surface area is 214 Å². The summed E-state index contributed by atoms with van der Waals surface area (Å²) in [6, 6.07) is 13.7. The summed E-state index contributed by atoms with van der Waals surface area (Å²) in [4.78, 5) is 15.7. The van der Waals surface area contributed by atoms with Gasteiger partial charge in [0.25, 0.3) is 0 Å². The zero-order valence-electron chi connectivity index (χ0n) is 21.0. The second-order valence-electron chi connectivity index (χ2n) is 8.49.